The van der Waals surface area contributed by atoms with Crippen LogP contribution in [-0.4, -0.2) is 50.3 Å². The molecule has 1 atom stereocenters. The fraction of sp³-hybridized carbons (Fsp3) is 0.538. The second-order valence-electron chi connectivity index (χ2n) is 4.87. The largest absolute Gasteiger partial charge is 0.454 e. The Hall–Kier alpha value is -1.26. The van der Waals surface area contributed by atoms with Crippen molar-refractivity contribution in [3.63, 3.8) is 0 Å². The maximum absolute atomic E-state index is 5.44. The van der Waals surface area contributed by atoms with E-state index >= 15 is 0 Å². The lowest BCUT2D eigenvalue weighted by Crippen LogP contribution is -2.44. The van der Waals surface area contributed by atoms with Crippen LogP contribution in [0.25, 0.3) is 0 Å². The number of likely N-dealkylation sites (N-methyl/N-ethyl adjacent to an activating group) is 2. The monoisotopic (exact) mass is 234 g/mol. The van der Waals surface area contributed by atoms with Crippen LogP contribution in [0.5, 0.6) is 11.5 Å². The Kier molecular flexibility index (Phi) is 2.68. The third kappa shape index (κ3) is 1.98. The first-order chi connectivity index (χ1) is 8.24. The lowest BCUT2D eigenvalue weighted by Gasteiger charge is -2.38. The normalized spacial score (nSPS) is 25.2. The van der Waals surface area contributed by atoms with Crippen LogP contribution in [0.4, 0.5) is 0 Å². The number of rotatable bonds is 1. The molecular formula is C13H18N2O2. The van der Waals surface area contributed by atoms with Gasteiger partial charge in [-0.05, 0) is 31.8 Å². The molecule has 2 aliphatic rings. The molecule has 1 fully saturated rings. The maximum Gasteiger partial charge on any atom is 0.231 e. The van der Waals surface area contributed by atoms with Gasteiger partial charge in [-0.15, -0.1) is 0 Å². The van der Waals surface area contributed by atoms with Crippen LogP contribution in [0, 0.1) is 0 Å². The summed E-state index contributed by atoms with van der Waals surface area (Å²) in [4.78, 5) is 4.77. The van der Waals surface area contributed by atoms with Gasteiger partial charge in [0.2, 0.25) is 6.79 Å². The van der Waals surface area contributed by atoms with Crippen LogP contribution < -0.4 is 9.47 Å². The molecule has 0 N–H and O–H groups in total. The summed E-state index contributed by atoms with van der Waals surface area (Å²) in [7, 11) is 4.36. The number of piperazine rings is 1. The van der Waals surface area contributed by atoms with Gasteiger partial charge < -0.3 is 14.4 Å². The first kappa shape index (κ1) is 10.9. The molecule has 4 nitrogen and oxygen atoms in total. The Morgan fingerprint density at radius 3 is 2.82 bits per heavy atom. The third-order valence-corrected chi connectivity index (χ3v) is 3.63. The van der Waals surface area contributed by atoms with Crippen molar-refractivity contribution < 1.29 is 9.47 Å². The van der Waals surface area contributed by atoms with Gasteiger partial charge in [-0.2, -0.15) is 0 Å². The molecule has 1 aromatic carbocycles. The summed E-state index contributed by atoms with van der Waals surface area (Å²) >= 11 is 0. The van der Waals surface area contributed by atoms with Crippen LogP contribution in [0.15, 0.2) is 18.2 Å². The summed E-state index contributed by atoms with van der Waals surface area (Å²) in [6.07, 6.45) is 0. The predicted octanol–water partition coefficient (Wildman–Crippen LogP) is 1.33. The van der Waals surface area contributed by atoms with Gasteiger partial charge >= 0.3 is 0 Å². The van der Waals surface area contributed by atoms with Crippen molar-refractivity contribution in [2.75, 3.05) is 40.5 Å². The molecule has 0 aliphatic carbocycles. The molecule has 0 amide bonds. The Morgan fingerprint density at radius 1 is 1.12 bits per heavy atom. The van der Waals surface area contributed by atoms with Gasteiger partial charge in [-0.1, -0.05) is 6.07 Å². The fourth-order valence-electron chi connectivity index (χ4n) is 2.49. The van der Waals surface area contributed by atoms with E-state index in [9.17, 15) is 0 Å². The number of hydrogen-bond acceptors (Lipinski definition) is 4. The zero-order chi connectivity index (χ0) is 11.8. The van der Waals surface area contributed by atoms with Gasteiger partial charge in [0.25, 0.3) is 0 Å². The van der Waals surface area contributed by atoms with E-state index in [1.54, 1.807) is 0 Å². The van der Waals surface area contributed by atoms with Crippen molar-refractivity contribution >= 4 is 0 Å². The molecule has 1 saturated heterocycles. The van der Waals surface area contributed by atoms with E-state index in [-0.39, 0.29) is 0 Å². The molecule has 4 heteroatoms. The minimum atomic E-state index is 0.346. The highest BCUT2D eigenvalue weighted by Gasteiger charge is 2.25. The number of hydrogen-bond donors (Lipinski definition) is 0. The van der Waals surface area contributed by atoms with E-state index < -0.39 is 0 Å². The van der Waals surface area contributed by atoms with Gasteiger partial charge in [0.1, 0.15) is 0 Å². The summed E-state index contributed by atoms with van der Waals surface area (Å²) in [6.45, 7) is 3.66. The van der Waals surface area contributed by atoms with Gasteiger partial charge in [0.15, 0.2) is 11.5 Å². The average Bonchev–Trinajstić information content (AvgIpc) is 2.79. The highest BCUT2D eigenvalue weighted by atomic mass is 16.7. The van der Waals surface area contributed by atoms with E-state index in [0.717, 1.165) is 31.1 Å². The summed E-state index contributed by atoms with van der Waals surface area (Å²) < 4.78 is 10.8. The first-order valence-corrected chi connectivity index (χ1v) is 6.02. The third-order valence-electron chi connectivity index (χ3n) is 3.63. The highest BCUT2D eigenvalue weighted by Crippen LogP contribution is 2.35. The van der Waals surface area contributed by atoms with Gasteiger partial charge in [0, 0.05) is 25.7 Å². The zero-order valence-electron chi connectivity index (χ0n) is 10.3. The van der Waals surface area contributed by atoms with Crippen LogP contribution in [0.2, 0.25) is 0 Å². The molecule has 2 heterocycles. The topological polar surface area (TPSA) is 24.9 Å². The van der Waals surface area contributed by atoms with E-state index in [1.165, 1.54) is 5.56 Å². The van der Waals surface area contributed by atoms with Crippen molar-refractivity contribution in [3.05, 3.63) is 23.8 Å². The Balaban J connectivity index is 1.87. The molecule has 1 unspecified atom stereocenters. The van der Waals surface area contributed by atoms with Crippen molar-refractivity contribution in [1.82, 2.24) is 9.80 Å². The number of nitrogens with zero attached hydrogens (tertiary/aromatic N) is 2. The summed E-state index contributed by atoms with van der Waals surface area (Å²) in [6, 6.07) is 6.72. The summed E-state index contributed by atoms with van der Waals surface area (Å²) in [5, 5.41) is 0. The Morgan fingerprint density at radius 2 is 1.94 bits per heavy atom. The molecular weight excluding hydrogens is 216 g/mol. The molecule has 0 aromatic heterocycles. The van der Waals surface area contributed by atoms with E-state index in [4.69, 9.17) is 9.47 Å². The van der Waals surface area contributed by atoms with Gasteiger partial charge in [-0.3, -0.25) is 4.90 Å². The fourth-order valence-corrected chi connectivity index (χ4v) is 2.49. The number of benzene rings is 1. The molecule has 0 bridgehead atoms. The van der Waals surface area contributed by atoms with E-state index in [0.29, 0.717) is 12.8 Å². The average molecular weight is 234 g/mol. The number of ether oxygens (including phenoxy) is 2. The van der Waals surface area contributed by atoms with E-state index in [2.05, 4.69) is 36.0 Å². The minimum absolute atomic E-state index is 0.346. The lowest BCUT2D eigenvalue weighted by molar-refractivity contribution is 0.115. The molecule has 0 radical (unpaired) electrons. The lowest BCUT2D eigenvalue weighted by atomic mass is 10.0. The zero-order valence-corrected chi connectivity index (χ0v) is 10.3. The summed E-state index contributed by atoms with van der Waals surface area (Å²) in [5.74, 6) is 1.74. The van der Waals surface area contributed by atoms with Crippen molar-refractivity contribution in [3.8, 4) is 11.5 Å². The smallest absolute Gasteiger partial charge is 0.231 e. The molecule has 3 rings (SSSR count). The molecule has 0 spiro atoms. The van der Waals surface area contributed by atoms with Crippen molar-refractivity contribution in [2.45, 2.75) is 6.04 Å². The highest BCUT2D eigenvalue weighted by molar-refractivity contribution is 5.45. The summed E-state index contributed by atoms with van der Waals surface area (Å²) in [5.41, 5.74) is 1.31. The molecule has 0 saturated carbocycles. The second kappa shape index (κ2) is 4.20. The Bertz CT molecular complexity index is 422. The predicted molar refractivity (Wildman–Crippen MR) is 65.4 cm³/mol. The molecule has 92 valence electrons. The molecule has 1 aromatic rings. The van der Waals surface area contributed by atoms with Crippen LogP contribution >= 0.6 is 0 Å². The van der Waals surface area contributed by atoms with Crippen LogP contribution in [-0.2, 0) is 0 Å². The first-order valence-electron chi connectivity index (χ1n) is 6.02. The van der Waals surface area contributed by atoms with E-state index in [1.807, 2.05) is 6.07 Å². The van der Waals surface area contributed by atoms with Gasteiger partial charge in [-0.25, -0.2) is 0 Å². The second-order valence-corrected chi connectivity index (χ2v) is 4.87. The van der Waals surface area contributed by atoms with Crippen LogP contribution in [0.1, 0.15) is 11.6 Å². The quantitative estimate of drug-likeness (QED) is 0.732. The molecule has 17 heavy (non-hydrogen) atoms. The maximum atomic E-state index is 5.44. The van der Waals surface area contributed by atoms with Gasteiger partial charge in [0.05, 0.1) is 0 Å². The van der Waals surface area contributed by atoms with Crippen molar-refractivity contribution in [1.29, 1.82) is 0 Å². The SMILES string of the molecule is CN1CCN(C)C(c2ccc3c(c2)OCO3)C1. The number of fused-ring (bicyclic) bond motifs is 1. The Labute approximate surface area is 102 Å². The minimum Gasteiger partial charge on any atom is -0.454 e. The molecule has 2 aliphatic heterocycles. The van der Waals surface area contributed by atoms with Crippen LogP contribution in [0.3, 0.4) is 0 Å². The standard InChI is InChI=1S/C13H18N2O2/c1-14-5-6-15(2)11(8-14)10-3-4-12-13(7-10)17-9-16-12/h3-4,7,11H,5-6,8-9H2,1-2H3. The van der Waals surface area contributed by atoms with Crippen molar-refractivity contribution in [2.24, 2.45) is 0 Å².